The van der Waals surface area contributed by atoms with Gasteiger partial charge < -0.3 is 26.8 Å². The molecule has 0 bridgehead atoms. The summed E-state index contributed by atoms with van der Waals surface area (Å²) in [6, 6.07) is 4.67. The van der Waals surface area contributed by atoms with E-state index in [0.29, 0.717) is 0 Å². The van der Waals surface area contributed by atoms with Crippen LogP contribution in [0.4, 0.5) is 30.6 Å². The van der Waals surface area contributed by atoms with Gasteiger partial charge in [-0.15, -0.1) is 0 Å². The monoisotopic (exact) mass is 451 g/mol. The number of nitrogens with zero attached hydrogens (tertiary/aromatic N) is 3. The highest BCUT2D eigenvalue weighted by Gasteiger charge is 2.31. The first-order valence-corrected chi connectivity index (χ1v) is 9.28. The molecule has 0 aliphatic heterocycles. The largest absolute Gasteiger partial charge is 0.477 e. The van der Waals surface area contributed by atoms with E-state index in [-0.39, 0.29) is 48.3 Å². The number of carbonyl (C=O) groups is 2. The van der Waals surface area contributed by atoms with Crippen molar-refractivity contribution in [3.63, 3.8) is 0 Å². The van der Waals surface area contributed by atoms with E-state index in [1.54, 1.807) is 6.92 Å². The second-order valence-corrected chi connectivity index (χ2v) is 6.43. The minimum absolute atomic E-state index is 0.114. The Labute approximate surface area is 180 Å². The normalized spacial score (nSPS) is 11.8. The summed E-state index contributed by atoms with van der Waals surface area (Å²) in [5, 5.41) is 14.5. The standard InChI is InChI=1S/C19H20F3N7O3/c1-2-32-17-12(9-23)15(28-18(25)29-17)27-13(6-7-14(24)30)16(31)26-11-5-3-4-10(8-11)19(20,21)22/h3-5,8,13H,2,6-7H2,1H3,(H2,24,30)(H,26,31)(H3,25,27,28,29)/t13-/m0/s1. The SMILES string of the molecule is CCOc1nc(N)nc(N[C@@H](CCC(N)=O)C(=O)Nc2cccc(C(F)(F)F)c2)c1C#N. The Bertz CT molecular complexity index is 1040. The van der Waals surface area contributed by atoms with Gasteiger partial charge in [0.2, 0.25) is 23.6 Å². The third-order valence-corrected chi connectivity index (χ3v) is 4.05. The first-order valence-electron chi connectivity index (χ1n) is 9.28. The predicted molar refractivity (Wildman–Crippen MR) is 108 cm³/mol. The van der Waals surface area contributed by atoms with Crippen LogP contribution < -0.4 is 26.8 Å². The number of hydrogen-bond donors (Lipinski definition) is 4. The van der Waals surface area contributed by atoms with Crippen molar-refractivity contribution >= 4 is 29.3 Å². The number of anilines is 3. The first-order chi connectivity index (χ1) is 15.0. The number of ether oxygens (including phenoxy) is 1. The highest BCUT2D eigenvalue weighted by atomic mass is 19.4. The molecule has 2 aromatic rings. The molecule has 32 heavy (non-hydrogen) atoms. The van der Waals surface area contributed by atoms with Crippen LogP contribution >= 0.6 is 0 Å². The molecule has 0 fully saturated rings. The van der Waals surface area contributed by atoms with E-state index in [0.717, 1.165) is 18.2 Å². The van der Waals surface area contributed by atoms with Crippen molar-refractivity contribution in [3.05, 3.63) is 35.4 Å². The summed E-state index contributed by atoms with van der Waals surface area (Å²) in [4.78, 5) is 31.7. The maximum atomic E-state index is 12.9. The molecule has 0 radical (unpaired) electrons. The van der Waals surface area contributed by atoms with Crippen LogP contribution in [0.25, 0.3) is 0 Å². The molecule has 0 aliphatic rings. The van der Waals surface area contributed by atoms with E-state index < -0.39 is 29.6 Å². The topological polar surface area (TPSA) is 169 Å². The fourth-order valence-electron chi connectivity index (χ4n) is 2.63. The van der Waals surface area contributed by atoms with Gasteiger partial charge in [0, 0.05) is 12.1 Å². The van der Waals surface area contributed by atoms with Gasteiger partial charge in [0.1, 0.15) is 12.1 Å². The van der Waals surface area contributed by atoms with Gasteiger partial charge in [-0.2, -0.15) is 28.4 Å². The average molecular weight is 451 g/mol. The molecule has 1 atom stereocenters. The van der Waals surface area contributed by atoms with E-state index in [4.69, 9.17) is 16.2 Å². The Kier molecular flexibility index (Phi) is 7.78. The molecule has 0 spiro atoms. The number of benzene rings is 1. The molecular formula is C19H20F3N7O3. The zero-order valence-corrected chi connectivity index (χ0v) is 16.9. The summed E-state index contributed by atoms with van der Waals surface area (Å²) in [6.45, 7) is 1.83. The van der Waals surface area contributed by atoms with E-state index >= 15 is 0 Å². The van der Waals surface area contributed by atoms with E-state index in [2.05, 4.69) is 20.6 Å². The molecule has 0 saturated heterocycles. The number of nitrogens with one attached hydrogen (secondary N) is 2. The van der Waals surface area contributed by atoms with Gasteiger partial charge in [-0.3, -0.25) is 9.59 Å². The second-order valence-electron chi connectivity index (χ2n) is 6.43. The van der Waals surface area contributed by atoms with Gasteiger partial charge >= 0.3 is 6.18 Å². The third-order valence-electron chi connectivity index (χ3n) is 4.05. The number of amides is 2. The lowest BCUT2D eigenvalue weighted by Crippen LogP contribution is -2.36. The van der Waals surface area contributed by atoms with Crippen LogP contribution in [-0.2, 0) is 15.8 Å². The smallest absolute Gasteiger partial charge is 0.416 e. The Morgan fingerprint density at radius 3 is 2.62 bits per heavy atom. The number of rotatable bonds is 9. The molecule has 13 heteroatoms. The Morgan fingerprint density at radius 2 is 2.03 bits per heavy atom. The number of carbonyl (C=O) groups excluding carboxylic acids is 2. The van der Waals surface area contributed by atoms with Gasteiger partial charge in [0.05, 0.1) is 12.2 Å². The molecule has 1 aromatic carbocycles. The van der Waals surface area contributed by atoms with Crippen LogP contribution in [0.15, 0.2) is 24.3 Å². The number of aromatic nitrogens is 2. The second kappa shape index (κ2) is 10.3. The zero-order valence-electron chi connectivity index (χ0n) is 16.9. The zero-order chi connectivity index (χ0) is 23.9. The fourth-order valence-corrected chi connectivity index (χ4v) is 2.63. The first kappa shape index (κ1) is 24.2. The Morgan fingerprint density at radius 1 is 1.31 bits per heavy atom. The predicted octanol–water partition coefficient (Wildman–Crippen LogP) is 2.03. The highest BCUT2D eigenvalue weighted by Crippen LogP contribution is 2.31. The average Bonchev–Trinajstić information content (AvgIpc) is 2.70. The summed E-state index contributed by atoms with van der Waals surface area (Å²) in [5.41, 5.74) is 9.58. The van der Waals surface area contributed by atoms with Crippen molar-refractivity contribution in [2.45, 2.75) is 32.0 Å². The van der Waals surface area contributed by atoms with Gasteiger partial charge in [-0.1, -0.05) is 6.07 Å². The number of nitriles is 1. The maximum Gasteiger partial charge on any atom is 0.416 e. The molecule has 1 aromatic heterocycles. The lowest BCUT2D eigenvalue weighted by molar-refractivity contribution is -0.137. The number of primary amides is 1. The van der Waals surface area contributed by atoms with Gasteiger partial charge in [-0.05, 0) is 31.5 Å². The van der Waals surface area contributed by atoms with E-state index in [1.165, 1.54) is 6.07 Å². The minimum atomic E-state index is -4.60. The molecule has 6 N–H and O–H groups in total. The summed E-state index contributed by atoms with van der Waals surface area (Å²) in [5.74, 6) is -2.00. The Balaban J connectivity index is 2.34. The molecule has 2 rings (SSSR count). The quantitative estimate of drug-likeness (QED) is 0.449. The number of hydrogen-bond acceptors (Lipinski definition) is 8. The van der Waals surface area contributed by atoms with Crippen LogP contribution in [0.3, 0.4) is 0 Å². The van der Waals surface area contributed by atoms with Crippen LogP contribution in [0.1, 0.15) is 30.9 Å². The van der Waals surface area contributed by atoms with Gasteiger partial charge in [0.25, 0.3) is 0 Å². The summed E-state index contributed by atoms with van der Waals surface area (Å²) >= 11 is 0. The number of halogens is 3. The lowest BCUT2D eigenvalue weighted by Gasteiger charge is -2.20. The van der Waals surface area contributed by atoms with Crippen molar-refractivity contribution in [1.82, 2.24) is 9.97 Å². The molecule has 10 nitrogen and oxygen atoms in total. The summed E-state index contributed by atoms with van der Waals surface area (Å²) in [7, 11) is 0. The van der Waals surface area contributed by atoms with E-state index in [1.807, 2.05) is 6.07 Å². The highest BCUT2D eigenvalue weighted by molar-refractivity contribution is 5.97. The number of nitrogen functional groups attached to an aromatic ring is 1. The van der Waals surface area contributed by atoms with E-state index in [9.17, 15) is 28.0 Å². The number of nitrogens with two attached hydrogens (primary N) is 2. The maximum absolute atomic E-state index is 12.9. The third kappa shape index (κ3) is 6.46. The minimum Gasteiger partial charge on any atom is -0.477 e. The van der Waals surface area contributed by atoms with Crippen molar-refractivity contribution in [2.75, 3.05) is 23.0 Å². The van der Waals surface area contributed by atoms with Gasteiger partial charge in [-0.25, -0.2) is 0 Å². The molecular weight excluding hydrogens is 431 g/mol. The Hall–Kier alpha value is -4.08. The summed E-state index contributed by atoms with van der Waals surface area (Å²) < 4.78 is 44.1. The molecule has 2 amide bonds. The molecule has 0 unspecified atom stereocenters. The molecule has 0 saturated carbocycles. The number of alkyl halides is 3. The van der Waals surface area contributed by atoms with Crippen LogP contribution in [0.2, 0.25) is 0 Å². The molecule has 1 heterocycles. The fraction of sp³-hybridized carbons (Fsp3) is 0.316. The van der Waals surface area contributed by atoms with Gasteiger partial charge in [0.15, 0.2) is 11.4 Å². The van der Waals surface area contributed by atoms with Crippen LogP contribution in [0, 0.1) is 11.3 Å². The van der Waals surface area contributed by atoms with Crippen molar-refractivity contribution in [1.29, 1.82) is 5.26 Å². The van der Waals surface area contributed by atoms with Crippen LogP contribution in [0.5, 0.6) is 5.88 Å². The lowest BCUT2D eigenvalue weighted by atomic mass is 10.1. The van der Waals surface area contributed by atoms with Crippen molar-refractivity contribution in [3.8, 4) is 11.9 Å². The summed E-state index contributed by atoms with van der Waals surface area (Å²) in [6.07, 6.45) is -4.96. The van der Waals surface area contributed by atoms with Crippen LogP contribution in [-0.4, -0.2) is 34.4 Å². The molecule has 0 aliphatic carbocycles. The molecule has 170 valence electrons. The van der Waals surface area contributed by atoms with Crippen molar-refractivity contribution < 1.29 is 27.5 Å². The van der Waals surface area contributed by atoms with Crippen molar-refractivity contribution in [2.24, 2.45) is 5.73 Å².